The third-order valence-corrected chi connectivity index (χ3v) is 3.62. The number of benzene rings is 1. The molecule has 0 fully saturated rings. The predicted octanol–water partition coefficient (Wildman–Crippen LogP) is 2.76. The summed E-state index contributed by atoms with van der Waals surface area (Å²) in [6, 6.07) is 4.59. The number of phenolic OH excluding ortho intramolecular Hbond substituents is 2. The van der Waals surface area contributed by atoms with Crippen LogP contribution in [0.3, 0.4) is 0 Å². The van der Waals surface area contributed by atoms with Crippen molar-refractivity contribution in [1.82, 2.24) is 19.7 Å². The summed E-state index contributed by atoms with van der Waals surface area (Å²) < 4.78 is 42.9. The first-order valence-electron chi connectivity index (χ1n) is 7.39. The summed E-state index contributed by atoms with van der Waals surface area (Å²) in [5.41, 5.74) is -0.897. The van der Waals surface area contributed by atoms with Crippen molar-refractivity contribution in [3.8, 4) is 40.2 Å². The Morgan fingerprint density at radius 2 is 1.89 bits per heavy atom. The van der Waals surface area contributed by atoms with Gasteiger partial charge in [0.2, 0.25) is 11.6 Å². The van der Waals surface area contributed by atoms with Gasteiger partial charge in [-0.1, -0.05) is 0 Å². The van der Waals surface area contributed by atoms with Crippen LogP contribution in [-0.4, -0.2) is 41.2 Å². The van der Waals surface area contributed by atoms with Crippen LogP contribution in [0.1, 0.15) is 0 Å². The Labute approximate surface area is 153 Å². The third-order valence-electron chi connectivity index (χ3n) is 3.62. The molecule has 0 bridgehead atoms. The summed E-state index contributed by atoms with van der Waals surface area (Å²) in [5.74, 6) is -2.54. The summed E-state index contributed by atoms with van der Waals surface area (Å²) in [6.45, 7) is 0. The van der Waals surface area contributed by atoms with Crippen LogP contribution in [0.5, 0.6) is 17.4 Å². The Balaban J connectivity index is 2.12. The van der Waals surface area contributed by atoms with E-state index in [1.54, 1.807) is 0 Å². The monoisotopic (exact) mass is 397 g/mol. The molecule has 3 aromatic rings. The molecule has 0 radical (unpaired) electrons. The van der Waals surface area contributed by atoms with Crippen molar-refractivity contribution in [2.75, 3.05) is 0 Å². The molecule has 0 aliphatic rings. The number of alkyl halides is 3. The Morgan fingerprint density at radius 3 is 2.54 bits per heavy atom. The molecule has 13 heteroatoms. The van der Waals surface area contributed by atoms with E-state index in [0.29, 0.717) is 0 Å². The van der Waals surface area contributed by atoms with Crippen LogP contribution < -0.4 is 4.74 Å². The maximum absolute atomic E-state index is 12.6. The molecule has 2 aromatic heterocycles. The number of pyridine rings is 1. The highest BCUT2D eigenvalue weighted by Gasteiger charge is 2.33. The molecule has 146 valence electrons. The SMILES string of the molecule is Cn1c(-c2cc(O)c(O)c([N+](=O)[O-])c2)nnc1-c1cccnc1OC(F)(F)F. The lowest BCUT2D eigenvalue weighted by Crippen LogP contribution is -2.18. The molecule has 0 aliphatic heterocycles. The number of ether oxygens (including phenoxy) is 1. The first kappa shape index (κ1) is 18.9. The molecule has 1 aromatic carbocycles. The molecule has 0 saturated heterocycles. The van der Waals surface area contributed by atoms with Crippen molar-refractivity contribution >= 4 is 5.69 Å². The van der Waals surface area contributed by atoms with Gasteiger partial charge < -0.3 is 19.5 Å². The van der Waals surface area contributed by atoms with E-state index < -0.39 is 34.4 Å². The molecular formula is C15H10F3N5O5. The Kier molecular flexibility index (Phi) is 4.50. The van der Waals surface area contributed by atoms with E-state index in [0.717, 1.165) is 18.3 Å². The molecule has 0 unspecified atom stereocenters. The molecule has 0 aliphatic carbocycles. The molecule has 28 heavy (non-hydrogen) atoms. The van der Waals surface area contributed by atoms with Crippen molar-refractivity contribution in [3.63, 3.8) is 0 Å². The van der Waals surface area contributed by atoms with E-state index in [4.69, 9.17) is 0 Å². The van der Waals surface area contributed by atoms with Gasteiger partial charge in [-0.25, -0.2) is 4.98 Å². The first-order valence-corrected chi connectivity index (χ1v) is 7.39. The number of nitrogens with zero attached hydrogens (tertiary/aromatic N) is 5. The maximum atomic E-state index is 12.6. The number of hydrogen-bond acceptors (Lipinski definition) is 8. The summed E-state index contributed by atoms with van der Waals surface area (Å²) >= 11 is 0. The molecule has 0 amide bonds. The second kappa shape index (κ2) is 6.68. The highest BCUT2D eigenvalue weighted by atomic mass is 19.4. The summed E-state index contributed by atoms with van der Waals surface area (Å²) in [7, 11) is 1.39. The van der Waals surface area contributed by atoms with E-state index >= 15 is 0 Å². The summed E-state index contributed by atoms with van der Waals surface area (Å²) in [4.78, 5) is 13.6. The topological polar surface area (TPSA) is 136 Å². The normalized spacial score (nSPS) is 11.4. The number of aromatic nitrogens is 4. The third kappa shape index (κ3) is 3.49. The van der Waals surface area contributed by atoms with Crippen LogP contribution in [0.15, 0.2) is 30.5 Å². The van der Waals surface area contributed by atoms with Crippen LogP contribution >= 0.6 is 0 Å². The van der Waals surface area contributed by atoms with Crippen LogP contribution in [0.4, 0.5) is 18.9 Å². The van der Waals surface area contributed by atoms with E-state index in [1.807, 2.05) is 0 Å². The van der Waals surface area contributed by atoms with Crippen LogP contribution in [0.2, 0.25) is 0 Å². The van der Waals surface area contributed by atoms with Gasteiger partial charge in [-0.15, -0.1) is 23.4 Å². The van der Waals surface area contributed by atoms with Gasteiger partial charge in [-0.3, -0.25) is 10.1 Å². The highest BCUT2D eigenvalue weighted by Crippen LogP contribution is 2.39. The summed E-state index contributed by atoms with van der Waals surface area (Å²) in [5, 5.41) is 37.9. The minimum absolute atomic E-state index is 0.00503. The van der Waals surface area contributed by atoms with Gasteiger partial charge >= 0.3 is 12.0 Å². The molecule has 2 heterocycles. The number of halogens is 3. The second-order valence-electron chi connectivity index (χ2n) is 5.43. The summed E-state index contributed by atoms with van der Waals surface area (Å²) in [6.07, 6.45) is -3.88. The molecule has 3 rings (SSSR count). The lowest BCUT2D eigenvalue weighted by Gasteiger charge is -2.11. The van der Waals surface area contributed by atoms with Crippen molar-refractivity contribution in [2.45, 2.75) is 6.36 Å². The highest BCUT2D eigenvalue weighted by molar-refractivity contribution is 5.71. The minimum Gasteiger partial charge on any atom is -0.504 e. The molecule has 0 spiro atoms. The fourth-order valence-electron chi connectivity index (χ4n) is 2.44. The quantitative estimate of drug-likeness (QED) is 0.390. The average Bonchev–Trinajstić information content (AvgIpc) is 2.97. The van der Waals surface area contributed by atoms with Gasteiger partial charge in [0.05, 0.1) is 10.5 Å². The number of rotatable bonds is 4. The number of nitro groups is 1. The van der Waals surface area contributed by atoms with E-state index in [1.165, 1.54) is 23.7 Å². The lowest BCUT2D eigenvalue weighted by molar-refractivity contribution is -0.385. The largest absolute Gasteiger partial charge is 0.574 e. The fourth-order valence-corrected chi connectivity index (χ4v) is 2.44. The molecule has 0 atom stereocenters. The van der Waals surface area contributed by atoms with Crippen molar-refractivity contribution in [3.05, 3.63) is 40.6 Å². The molecule has 10 nitrogen and oxygen atoms in total. The Hall–Kier alpha value is -3.90. The first-order chi connectivity index (χ1) is 13.1. The van der Waals surface area contributed by atoms with Gasteiger partial charge in [0.25, 0.3) is 0 Å². The van der Waals surface area contributed by atoms with Crippen LogP contribution in [0.25, 0.3) is 22.8 Å². The van der Waals surface area contributed by atoms with Gasteiger partial charge in [0, 0.05) is 24.9 Å². The van der Waals surface area contributed by atoms with Crippen LogP contribution in [0, 0.1) is 10.1 Å². The number of nitro benzene ring substituents is 1. The number of aromatic hydroxyl groups is 2. The second-order valence-corrected chi connectivity index (χ2v) is 5.43. The van der Waals surface area contributed by atoms with Crippen molar-refractivity contribution in [1.29, 1.82) is 0 Å². The Morgan fingerprint density at radius 1 is 1.21 bits per heavy atom. The average molecular weight is 397 g/mol. The van der Waals surface area contributed by atoms with Crippen molar-refractivity contribution < 1.29 is 33.0 Å². The number of phenols is 2. The number of hydrogen-bond donors (Lipinski definition) is 2. The van der Waals surface area contributed by atoms with Gasteiger partial charge in [-0.2, -0.15) is 0 Å². The van der Waals surface area contributed by atoms with Crippen molar-refractivity contribution in [2.24, 2.45) is 7.05 Å². The smallest absolute Gasteiger partial charge is 0.504 e. The lowest BCUT2D eigenvalue weighted by atomic mass is 10.1. The van der Waals surface area contributed by atoms with Gasteiger partial charge in [-0.05, 0) is 18.2 Å². The molecular weight excluding hydrogens is 387 g/mol. The predicted molar refractivity (Wildman–Crippen MR) is 86.3 cm³/mol. The standard InChI is InChI=1S/C15H10F3N5O5/c1-22-12(7-5-9(23(26)27)11(25)10(24)6-7)20-21-13(22)8-3-2-4-19-14(8)28-15(16,17)18/h2-6,24-25H,1H3. The van der Waals surface area contributed by atoms with E-state index in [9.17, 15) is 33.5 Å². The molecule has 2 N–H and O–H groups in total. The van der Waals surface area contributed by atoms with E-state index in [2.05, 4.69) is 19.9 Å². The fraction of sp³-hybridized carbons (Fsp3) is 0.133. The Bertz CT molecular complexity index is 1070. The van der Waals surface area contributed by atoms with E-state index in [-0.39, 0.29) is 22.8 Å². The zero-order chi connectivity index (χ0) is 20.6. The zero-order valence-electron chi connectivity index (χ0n) is 13.9. The molecule has 0 saturated carbocycles. The zero-order valence-corrected chi connectivity index (χ0v) is 13.9. The van der Waals surface area contributed by atoms with Crippen LogP contribution in [-0.2, 0) is 7.05 Å². The van der Waals surface area contributed by atoms with Gasteiger partial charge in [0.15, 0.2) is 17.4 Å². The van der Waals surface area contributed by atoms with Gasteiger partial charge in [0.1, 0.15) is 0 Å². The maximum Gasteiger partial charge on any atom is 0.574 e. The minimum atomic E-state index is -4.98.